The highest BCUT2D eigenvalue weighted by molar-refractivity contribution is 7.92. The molecular formula is C24H20N6O3S. The minimum Gasteiger partial charge on any atom is -0.394 e. The van der Waals surface area contributed by atoms with Gasteiger partial charge in [0.25, 0.3) is 10.0 Å². The number of hydrogen-bond acceptors (Lipinski definition) is 7. The number of aliphatic hydroxyl groups is 1. The van der Waals surface area contributed by atoms with Gasteiger partial charge in [0.05, 0.1) is 59.1 Å². The molecular weight excluding hydrogens is 452 g/mol. The zero-order valence-electron chi connectivity index (χ0n) is 17.9. The lowest BCUT2D eigenvalue weighted by Gasteiger charge is -2.10. The van der Waals surface area contributed by atoms with Gasteiger partial charge in [-0.15, -0.1) is 0 Å². The number of fused-ring (bicyclic) bond motifs is 1. The van der Waals surface area contributed by atoms with E-state index < -0.39 is 10.0 Å². The first-order chi connectivity index (χ1) is 16.5. The number of nitrogens with one attached hydrogen (secondary N) is 1. The van der Waals surface area contributed by atoms with E-state index in [1.165, 1.54) is 18.3 Å². The van der Waals surface area contributed by atoms with Crippen LogP contribution >= 0.6 is 0 Å². The van der Waals surface area contributed by atoms with Crippen LogP contribution in [0.5, 0.6) is 0 Å². The molecule has 5 rings (SSSR count). The van der Waals surface area contributed by atoms with Gasteiger partial charge in [-0.2, -0.15) is 5.10 Å². The zero-order valence-corrected chi connectivity index (χ0v) is 18.7. The third kappa shape index (κ3) is 4.49. The van der Waals surface area contributed by atoms with Crippen molar-refractivity contribution in [2.24, 2.45) is 0 Å². The summed E-state index contributed by atoms with van der Waals surface area (Å²) < 4.78 is 29.5. The molecule has 3 heterocycles. The summed E-state index contributed by atoms with van der Waals surface area (Å²) >= 11 is 0. The van der Waals surface area contributed by atoms with Gasteiger partial charge in [-0.05, 0) is 35.9 Å². The molecule has 3 aromatic heterocycles. The number of nitrogens with zero attached hydrogens (tertiary/aromatic N) is 5. The van der Waals surface area contributed by atoms with E-state index in [4.69, 9.17) is 10.1 Å². The van der Waals surface area contributed by atoms with Crippen LogP contribution in [-0.2, 0) is 16.6 Å². The van der Waals surface area contributed by atoms with Crippen LogP contribution < -0.4 is 4.72 Å². The molecule has 170 valence electrons. The lowest BCUT2D eigenvalue weighted by atomic mass is 10.1. The van der Waals surface area contributed by atoms with E-state index in [-0.39, 0.29) is 11.5 Å². The average Bonchev–Trinajstić information content (AvgIpc) is 3.33. The fourth-order valence-corrected chi connectivity index (χ4v) is 4.57. The lowest BCUT2D eigenvalue weighted by Crippen LogP contribution is -2.12. The maximum atomic E-state index is 12.7. The molecule has 0 saturated carbocycles. The maximum absolute atomic E-state index is 12.7. The minimum absolute atomic E-state index is 0.00247. The first-order valence-electron chi connectivity index (χ1n) is 10.5. The third-order valence-corrected chi connectivity index (χ3v) is 6.57. The molecule has 10 heteroatoms. The molecule has 0 radical (unpaired) electrons. The first kappa shape index (κ1) is 21.7. The van der Waals surface area contributed by atoms with Crippen molar-refractivity contribution >= 4 is 26.7 Å². The van der Waals surface area contributed by atoms with Crippen LogP contribution in [0, 0.1) is 0 Å². The molecule has 0 amide bonds. The predicted molar refractivity (Wildman–Crippen MR) is 128 cm³/mol. The zero-order chi connectivity index (χ0) is 23.5. The molecule has 9 nitrogen and oxygen atoms in total. The molecule has 0 aliphatic rings. The predicted octanol–water partition coefficient (Wildman–Crippen LogP) is 3.35. The number of rotatable bonds is 7. The summed E-state index contributed by atoms with van der Waals surface area (Å²) in [5.74, 6) is 0. The number of sulfonamides is 1. The Balaban J connectivity index is 1.46. The molecule has 0 aliphatic heterocycles. The molecule has 0 bridgehead atoms. The van der Waals surface area contributed by atoms with E-state index in [1.807, 2.05) is 24.4 Å². The van der Waals surface area contributed by atoms with Crippen LogP contribution in [0.25, 0.3) is 33.4 Å². The molecule has 0 fully saturated rings. The second-order valence-corrected chi connectivity index (χ2v) is 9.24. The highest BCUT2D eigenvalue weighted by Gasteiger charge is 2.14. The van der Waals surface area contributed by atoms with E-state index in [9.17, 15) is 8.42 Å². The van der Waals surface area contributed by atoms with Gasteiger partial charge in [-0.3, -0.25) is 19.4 Å². The Kier molecular flexibility index (Phi) is 5.74. The number of anilines is 1. The summed E-state index contributed by atoms with van der Waals surface area (Å²) in [5.41, 5.74) is 4.78. The summed E-state index contributed by atoms with van der Waals surface area (Å²) in [6.45, 7) is 0.408. The molecule has 2 aromatic carbocycles. The Hall–Kier alpha value is -4.15. The highest BCUT2D eigenvalue weighted by Crippen LogP contribution is 2.27. The Bertz CT molecular complexity index is 1570. The molecule has 2 N–H and O–H groups in total. The van der Waals surface area contributed by atoms with Crippen molar-refractivity contribution in [3.05, 3.63) is 85.6 Å². The summed E-state index contributed by atoms with van der Waals surface area (Å²) in [4.78, 5) is 13.6. The van der Waals surface area contributed by atoms with Gasteiger partial charge in [0, 0.05) is 23.5 Å². The van der Waals surface area contributed by atoms with Crippen LogP contribution in [0.3, 0.4) is 0 Å². The summed E-state index contributed by atoms with van der Waals surface area (Å²) in [6.07, 6.45) is 8.30. The molecule has 0 saturated heterocycles. The molecule has 0 spiro atoms. The fourth-order valence-electron chi connectivity index (χ4n) is 3.52. The van der Waals surface area contributed by atoms with E-state index >= 15 is 0 Å². The van der Waals surface area contributed by atoms with Gasteiger partial charge < -0.3 is 5.11 Å². The number of hydrogen-bond donors (Lipinski definition) is 2. The highest BCUT2D eigenvalue weighted by atomic mass is 32.2. The molecule has 0 atom stereocenters. The normalized spacial score (nSPS) is 11.6. The Morgan fingerprint density at radius 3 is 2.56 bits per heavy atom. The van der Waals surface area contributed by atoms with Crippen LogP contribution in [0.4, 0.5) is 5.69 Å². The molecule has 34 heavy (non-hydrogen) atoms. The largest absolute Gasteiger partial charge is 0.394 e. The molecule has 5 aromatic rings. The smallest absolute Gasteiger partial charge is 0.261 e. The van der Waals surface area contributed by atoms with Crippen molar-refractivity contribution in [3.8, 4) is 22.4 Å². The van der Waals surface area contributed by atoms with E-state index in [2.05, 4.69) is 19.8 Å². The third-order valence-electron chi connectivity index (χ3n) is 5.18. The fraction of sp³-hybridized carbons (Fsp3) is 0.0833. The van der Waals surface area contributed by atoms with Crippen molar-refractivity contribution in [3.63, 3.8) is 0 Å². The van der Waals surface area contributed by atoms with Crippen LogP contribution in [0.2, 0.25) is 0 Å². The van der Waals surface area contributed by atoms with Crippen molar-refractivity contribution in [1.29, 1.82) is 0 Å². The van der Waals surface area contributed by atoms with Gasteiger partial charge in [0.2, 0.25) is 0 Å². The van der Waals surface area contributed by atoms with Gasteiger partial charge >= 0.3 is 0 Å². The van der Waals surface area contributed by atoms with E-state index in [1.54, 1.807) is 47.5 Å². The number of pyridine rings is 1. The van der Waals surface area contributed by atoms with E-state index in [0.29, 0.717) is 23.4 Å². The topological polar surface area (TPSA) is 123 Å². The maximum Gasteiger partial charge on any atom is 0.261 e. The van der Waals surface area contributed by atoms with Gasteiger partial charge in [-0.25, -0.2) is 13.4 Å². The Morgan fingerprint density at radius 2 is 1.74 bits per heavy atom. The summed E-state index contributed by atoms with van der Waals surface area (Å²) in [5, 5.41) is 13.3. The van der Waals surface area contributed by atoms with Gasteiger partial charge in [0.15, 0.2) is 0 Å². The molecule has 0 unspecified atom stereocenters. The number of aliphatic hydroxyl groups excluding tert-OH is 1. The Morgan fingerprint density at radius 1 is 0.882 bits per heavy atom. The summed E-state index contributed by atoms with van der Waals surface area (Å²) in [6, 6.07) is 15.5. The lowest BCUT2D eigenvalue weighted by molar-refractivity contribution is 0.269. The number of aromatic nitrogens is 5. The van der Waals surface area contributed by atoms with Gasteiger partial charge in [0.1, 0.15) is 0 Å². The number of benzene rings is 2. The van der Waals surface area contributed by atoms with E-state index in [0.717, 1.165) is 22.2 Å². The van der Waals surface area contributed by atoms with Crippen molar-refractivity contribution in [2.75, 3.05) is 11.3 Å². The van der Waals surface area contributed by atoms with Crippen LogP contribution in [0.1, 0.15) is 0 Å². The van der Waals surface area contributed by atoms with Crippen LogP contribution in [-0.4, -0.2) is 44.9 Å². The Labute approximate surface area is 195 Å². The first-order valence-corrected chi connectivity index (χ1v) is 11.9. The monoisotopic (exact) mass is 472 g/mol. The van der Waals surface area contributed by atoms with Crippen molar-refractivity contribution in [1.82, 2.24) is 24.7 Å². The second-order valence-electron chi connectivity index (χ2n) is 7.56. The van der Waals surface area contributed by atoms with Gasteiger partial charge in [-0.1, -0.05) is 24.3 Å². The summed E-state index contributed by atoms with van der Waals surface area (Å²) in [7, 11) is -3.72. The van der Waals surface area contributed by atoms with Crippen LogP contribution in [0.15, 0.2) is 90.5 Å². The SMILES string of the molecule is O=S(=O)(Nc1cncc(-c2ccc3ncc(-c4cnn(CCO)c4)nc3c2)c1)c1ccccc1. The standard InChI is InChI=1S/C24H20N6O3S/c31-9-8-30-16-19(13-27-30)24-15-26-22-7-6-17(11-23(22)28-24)18-10-20(14-25-12-18)29-34(32,33)21-4-2-1-3-5-21/h1-7,10-16,29,31H,8-9H2. The molecule has 0 aliphatic carbocycles. The van der Waals surface area contributed by atoms with Crippen molar-refractivity contribution in [2.45, 2.75) is 11.4 Å². The quantitative estimate of drug-likeness (QED) is 0.372. The second kappa shape index (κ2) is 9.00. The minimum atomic E-state index is -3.72. The van der Waals surface area contributed by atoms with Crippen molar-refractivity contribution < 1.29 is 13.5 Å². The average molecular weight is 473 g/mol.